The summed E-state index contributed by atoms with van der Waals surface area (Å²) in [4.78, 5) is 19.0. The van der Waals surface area contributed by atoms with Gasteiger partial charge in [0.15, 0.2) is 0 Å². The zero-order chi connectivity index (χ0) is 15.4. The zero-order valence-electron chi connectivity index (χ0n) is 11.6. The summed E-state index contributed by atoms with van der Waals surface area (Å²) in [5.41, 5.74) is 0.954. The van der Waals surface area contributed by atoms with Crippen molar-refractivity contribution >= 4 is 5.91 Å². The van der Waals surface area contributed by atoms with Crippen molar-refractivity contribution in [3.05, 3.63) is 40.8 Å². The summed E-state index contributed by atoms with van der Waals surface area (Å²) in [6.45, 7) is 3.86. The molecule has 2 aromatic heterocycles. The molecule has 1 amide bonds. The average molecular weight is 296 g/mol. The van der Waals surface area contributed by atoms with E-state index in [1.165, 1.54) is 0 Å². The third kappa shape index (κ3) is 3.39. The first kappa shape index (κ1) is 15.0. The van der Waals surface area contributed by atoms with Crippen molar-refractivity contribution in [3.63, 3.8) is 0 Å². The number of alkyl halides is 2. The third-order valence-electron chi connectivity index (χ3n) is 2.97. The largest absolute Gasteiger partial charge is 0.361 e. The number of nitrogens with one attached hydrogen (secondary N) is 1. The van der Waals surface area contributed by atoms with Gasteiger partial charge in [0.05, 0.1) is 5.69 Å². The number of carbonyl (C=O) groups excluding carboxylic acids is 1. The van der Waals surface area contributed by atoms with Crippen LogP contribution in [-0.2, 0) is 13.0 Å². The zero-order valence-corrected chi connectivity index (χ0v) is 11.6. The Bertz CT molecular complexity index is 643. The smallest absolute Gasteiger partial charge is 0.280 e. The van der Waals surface area contributed by atoms with Gasteiger partial charge in [-0.1, -0.05) is 12.1 Å². The number of rotatable bonds is 5. The van der Waals surface area contributed by atoms with Crippen LogP contribution in [-0.4, -0.2) is 21.0 Å². The lowest BCUT2D eigenvalue weighted by Crippen LogP contribution is -2.24. The molecule has 0 fully saturated rings. The van der Waals surface area contributed by atoms with E-state index in [0.29, 0.717) is 12.2 Å². The monoisotopic (exact) mass is 296 g/mol. The molecule has 0 saturated heterocycles. The van der Waals surface area contributed by atoms with Gasteiger partial charge in [0.2, 0.25) is 0 Å². The van der Waals surface area contributed by atoms with E-state index < -0.39 is 18.0 Å². The van der Waals surface area contributed by atoms with E-state index in [2.05, 4.69) is 20.4 Å². The molecule has 2 rings (SSSR count). The van der Waals surface area contributed by atoms with E-state index in [4.69, 9.17) is 4.52 Å². The van der Waals surface area contributed by atoms with Crippen LogP contribution in [0.3, 0.4) is 0 Å². The molecule has 0 aromatic carbocycles. The van der Waals surface area contributed by atoms with Crippen molar-refractivity contribution in [1.29, 1.82) is 0 Å². The molecule has 2 heterocycles. The number of amides is 1. The van der Waals surface area contributed by atoms with Gasteiger partial charge in [-0.3, -0.25) is 4.79 Å². The number of aryl methyl sites for hydroxylation is 2. The normalized spacial score (nSPS) is 10.9. The van der Waals surface area contributed by atoms with E-state index in [1.54, 1.807) is 6.92 Å². The van der Waals surface area contributed by atoms with Crippen LogP contribution in [0.5, 0.6) is 0 Å². The first-order valence-electron chi connectivity index (χ1n) is 6.35. The van der Waals surface area contributed by atoms with Gasteiger partial charge >= 0.3 is 0 Å². The quantitative estimate of drug-likeness (QED) is 0.914. The molecular formula is C13H14F2N4O2. The lowest BCUT2D eigenvalue weighted by Gasteiger charge is -2.05. The Kier molecular flexibility index (Phi) is 4.56. The first-order valence-corrected chi connectivity index (χ1v) is 6.35. The SMILES string of the molecule is CCc1noc(C)c1CNC(=O)c1cc(C(F)F)ncn1. The number of halogens is 2. The molecule has 1 N–H and O–H groups in total. The molecular weight excluding hydrogens is 282 g/mol. The van der Waals surface area contributed by atoms with E-state index >= 15 is 0 Å². The van der Waals surface area contributed by atoms with Crippen LogP contribution in [0, 0.1) is 6.92 Å². The van der Waals surface area contributed by atoms with E-state index in [-0.39, 0.29) is 12.2 Å². The molecule has 0 atom stereocenters. The van der Waals surface area contributed by atoms with Crippen LogP contribution in [0.25, 0.3) is 0 Å². The molecule has 0 radical (unpaired) electrons. The van der Waals surface area contributed by atoms with Crippen LogP contribution in [0.1, 0.15) is 46.5 Å². The summed E-state index contributed by atoms with van der Waals surface area (Å²) >= 11 is 0. The molecule has 8 heteroatoms. The molecule has 0 saturated carbocycles. The molecule has 6 nitrogen and oxygen atoms in total. The van der Waals surface area contributed by atoms with Gasteiger partial charge in [0, 0.05) is 12.1 Å². The van der Waals surface area contributed by atoms with Gasteiger partial charge in [-0.05, 0) is 19.4 Å². The number of carbonyl (C=O) groups is 1. The van der Waals surface area contributed by atoms with Gasteiger partial charge in [-0.2, -0.15) is 0 Å². The Hall–Kier alpha value is -2.38. The number of nitrogens with zero attached hydrogens (tertiary/aromatic N) is 3. The topological polar surface area (TPSA) is 80.9 Å². The van der Waals surface area contributed by atoms with Gasteiger partial charge in [0.1, 0.15) is 23.5 Å². The Labute approximate surface area is 119 Å². The Morgan fingerprint density at radius 2 is 2.19 bits per heavy atom. The second-order valence-corrected chi connectivity index (χ2v) is 4.33. The van der Waals surface area contributed by atoms with Gasteiger partial charge in [-0.15, -0.1) is 0 Å². The summed E-state index contributed by atoms with van der Waals surface area (Å²) in [6.07, 6.45) is -1.13. The molecule has 0 aliphatic carbocycles. The van der Waals surface area contributed by atoms with Gasteiger partial charge in [-0.25, -0.2) is 18.7 Å². The third-order valence-corrected chi connectivity index (χ3v) is 2.97. The minimum absolute atomic E-state index is 0.104. The van der Waals surface area contributed by atoms with E-state index in [1.807, 2.05) is 6.92 Å². The van der Waals surface area contributed by atoms with Crippen molar-refractivity contribution in [2.45, 2.75) is 33.2 Å². The van der Waals surface area contributed by atoms with E-state index in [0.717, 1.165) is 23.7 Å². The Morgan fingerprint density at radius 1 is 1.43 bits per heavy atom. The number of hydrogen-bond acceptors (Lipinski definition) is 5. The first-order chi connectivity index (χ1) is 10.0. The molecule has 21 heavy (non-hydrogen) atoms. The molecule has 0 bridgehead atoms. The second kappa shape index (κ2) is 6.38. The van der Waals surface area contributed by atoms with Crippen molar-refractivity contribution in [1.82, 2.24) is 20.4 Å². The summed E-state index contributed by atoms with van der Waals surface area (Å²) in [5, 5.41) is 6.48. The minimum atomic E-state index is -2.74. The fraction of sp³-hybridized carbons (Fsp3) is 0.385. The van der Waals surface area contributed by atoms with Crippen molar-refractivity contribution in [2.75, 3.05) is 0 Å². The maximum atomic E-state index is 12.5. The second-order valence-electron chi connectivity index (χ2n) is 4.33. The highest BCUT2D eigenvalue weighted by atomic mass is 19.3. The maximum absolute atomic E-state index is 12.5. The predicted octanol–water partition coefficient (Wildman–Crippen LogP) is 2.20. The average Bonchev–Trinajstić information content (AvgIpc) is 2.85. The fourth-order valence-electron chi connectivity index (χ4n) is 1.82. The highest BCUT2D eigenvalue weighted by Gasteiger charge is 2.16. The lowest BCUT2D eigenvalue weighted by atomic mass is 10.1. The summed E-state index contributed by atoms with van der Waals surface area (Å²) < 4.78 is 30.1. The highest BCUT2D eigenvalue weighted by molar-refractivity contribution is 5.92. The van der Waals surface area contributed by atoms with Gasteiger partial charge < -0.3 is 9.84 Å². The van der Waals surface area contributed by atoms with Crippen LogP contribution >= 0.6 is 0 Å². The summed E-state index contributed by atoms with van der Waals surface area (Å²) in [6, 6.07) is 0.973. The molecule has 2 aromatic rings. The van der Waals surface area contributed by atoms with Crippen molar-refractivity contribution < 1.29 is 18.1 Å². The summed E-state index contributed by atoms with van der Waals surface area (Å²) in [7, 11) is 0. The fourth-order valence-corrected chi connectivity index (χ4v) is 1.82. The lowest BCUT2D eigenvalue weighted by molar-refractivity contribution is 0.0944. The molecule has 0 aliphatic heterocycles. The van der Waals surface area contributed by atoms with Crippen LogP contribution in [0.4, 0.5) is 8.78 Å². The minimum Gasteiger partial charge on any atom is -0.361 e. The number of hydrogen-bond donors (Lipinski definition) is 1. The predicted molar refractivity (Wildman–Crippen MR) is 68.8 cm³/mol. The Balaban J connectivity index is 2.08. The van der Waals surface area contributed by atoms with Crippen LogP contribution in [0.15, 0.2) is 16.9 Å². The van der Waals surface area contributed by atoms with Crippen molar-refractivity contribution in [3.8, 4) is 0 Å². The summed E-state index contributed by atoms with van der Waals surface area (Å²) in [5.74, 6) is 0.0602. The van der Waals surface area contributed by atoms with Crippen LogP contribution < -0.4 is 5.32 Å². The van der Waals surface area contributed by atoms with Gasteiger partial charge in [0.25, 0.3) is 12.3 Å². The van der Waals surface area contributed by atoms with Crippen molar-refractivity contribution in [2.24, 2.45) is 0 Å². The molecule has 0 aliphatic rings. The number of aromatic nitrogens is 3. The van der Waals surface area contributed by atoms with E-state index in [9.17, 15) is 13.6 Å². The Morgan fingerprint density at radius 3 is 2.86 bits per heavy atom. The van der Waals surface area contributed by atoms with Crippen LogP contribution in [0.2, 0.25) is 0 Å². The molecule has 0 spiro atoms. The molecule has 0 unspecified atom stereocenters. The molecule has 112 valence electrons. The maximum Gasteiger partial charge on any atom is 0.280 e. The highest BCUT2D eigenvalue weighted by Crippen LogP contribution is 2.16. The standard InChI is InChI=1S/C13H14F2N4O2/c1-3-9-8(7(2)21-19-9)5-16-13(20)11-4-10(12(14)15)17-6-18-11/h4,6,12H,3,5H2,1-2H3,(H,16,20).